The molecule has 0 aromatic heterocycles. The smallest absolute Gasteiger partial charge is 0.306 e. The van der Waals surface area contributed by atoms with Crippen molar-refractivity contribution in [2.45, 2.75) is 45.1 Å². The van der Waals surface area contributed by atoms with Gasteiger partial charge in [-0.05, 0) is 31.6 Å². The van der Waals surface area contributed by atoms with E-state index in [9.17, 15) is 4.79 Å². The minimum absolute atomic E-state index is 0.0692. The number of likely N-dealkylation sites (tertiary alicyclic amines) is 1. The molecular weight excluding hydrogens is 190 g/mol. The van der Waals surface area contributed by atoms with E-state index in [-0.39, 0.29) is 5.92 Å². The van der Waals surface area contributed by atoms with Crippen LogP contribution in [0.2, 0.25) is 0 Å². The first-order valence-electron chi connectivity index (χ1n) is 6.17. The Morgan fingerprint density at radius 1 is 1.40 bits per heavy atom. The summed E-state index contributed by atoms with van der Waals surface area (Å²) in [6, 6.07) is 0.569. The van der Waals surface area contributed by atoms with Gasteiger partial charge in [-0.15, -0.1) is 0 Å². The first-order valence-corrected chi connectivity index (χ1v) is 6.17. The lowest BCUT2D eigenvalue weighted by atomic mass is 9.92. The van der Waals surface area contributed by atoms with Gasteiger partial charge in [-0.1, -0.05) is 13.3 Å². The normalized spacial score (nSPS) is 32.9. The molecule has 1 N–H and O–H groups in total. The molecule has 1 heterocycles. The van der Waals surface area contributed by atoms with E-state index in [1.807, 2.05) is 0 Å². The Morgan fingerprint density at radius 3 is 2.67 bits per heavy atom. The summed E-state index contributed by atoms with van der Waals surface area (Å²) in [6.45, 7) is 4.66. The molecule has 2 unspecified atom stereocenters. The molecule has 1 saturated carbocycles. The van der Waals surface area contributed by atoms with Crippen LogP contribution < -0.4 is 0 Å². The highest BCUT2D eigenvalue weighted by atomic mass is 16.4. The first kappa shape index (κ1) is 10.9. The molecule has 0 radical (unpaired) electrons. The fourth-order valence-electron chi connectivity index (χ4n) is 3.01. The maximum Gasteiger partial charge on any atom is 0.306 e. The molecule has 0 aromatic rings. The van der Waals surface area contributed by atoms with E-state index in [4.69, 9.17) is 5.11 Å². The number of rotatable bonds is 4. The fourth-order valence-corrected chi connectivity index (χ4v) is 3.01. The minimum Gasteiger partial charge on any atom is -0.481 e. The third-order valence-corrected chi connectivity index (χ3v) is 3.95. The lowest BCUT2D eigenvalue weighted by molar-refractivity contribution is -0.141. The van der Waals surface area contributed by atoms with Crippen LogP contribution in [0.3, 0.4) is 0 Å². The molecule has 3 nitrogen and oxygen atoms in total. The van der Waals surface area contributed by atoms with Gasteiger partial charge < -0.3 is 5.11 Å². The summed E-state index contributed by atoms with van der Waals surface area (Å²) in [4.78, 5) is 13.3. The second-order valence-corrected chi connectivity index (χ2v) is 5.11. The number of hydrogen-bond donors (Lipinski definition) is 1. The zero-order valence-electron chi connectivity index (χ0n) is 9.48. The van der Waals surface area contributed by atoms with Crippen LogP contribution in [0.25, 0.3) is 0 Å². The molecule has 1 aliphatic heterocycles. The molecule has 2 fully saturated rings. The highest BCUT2D eigenvalue weighted by Crippen LogP contribution is 2.34. The average Bonchev–Trinajstić information content (AvgIpc) is 2.59. The van der Waals surface area contributed by atoms with Crippen molar-refractivity contribution in [2.24, 2.45) is 11.8 Å². The summed E-state index contributed by atoms with van der Waals surface area (Å²) < 4.78 is 0. The third kappa shape index (κ3) is 2.33. The number of hydrogen-bond acceptors (Lipinski definition) is 2. The molecule has 86 valence electrons. The van der Waals surface area contributed by atoms with Crippen LogP contribution in [0.1, 0.15) is 39.0 Å². The van der Waals surface area contributed by atoms with Gasteiger partial charge in [0, 0.05) is 19.1 Å². The lowest BCUT2D eigenvalue weighted by Gasteiger charge is -2.43. The van der Waals surface area contributed by atoms with Gasteiger partial charge in [0.2, 0.25) is 0 Å². The Labute approximate surface area is 91.5 Å². The average molecular weight is 211 g/mol. The van der Waals surface area contributed by atoms with Crippen molar-refractivity contribution < 1.29 is 9.90 Å². The minimum atomic E-state index is -0.594. The third-order valence-electron chi connectivity index (χ3n) is 3.95. The summed E-state index contributed by atoms with van der Waals surface area (Å²) in [7, 11) is 0. The van der Waals surface area contributed by atoms with Gasteiger partial charge in [0.1, 0.15) is 0 Å². The Kier molecular flexibility index (Phi) is 3.29. The molecule has 1 saturated heterocycles. The first-order chi connectivity index (χ1) is 7.20. The molecule has 2 aliphatic rings. The Morgan fingerprint density at radius 2 is 2.13 bits per heavy atom. The van der Waals surface area contributed by atoms with Crippen LogP contribution >= 0.6 is 0 Å². The SMILES string of the molecule is CCCC1CN(C2CCC(C(=O)O)C2)C1. The van der Waals surface area contributed by atoms with Crippen molar-refractivity contribution in [2.75, 3.05) is 13.1 Å². The summed E-state index contributed by atoms with van der Waals surface area (Å²) in [5.41, 5.74) is 0. The number of carbonyl (C=O) groups is 1. The molecule has 0 aromatic carbocycles. The summed E-state index contributed by atoms with van der Waals surface area (Å²) in [6.07, 6.45) is 5.48. The Balaban J connectivity index is 1.72. The predicted molar refractivity (Wildman–Crippen MR) is 58.7 cm³/mol. The van der Waals surface area contributed by atoms with Crippen LogP contribution in [0.15, 0.2) is 0 Å². The van der Waals surface area contributed by atoms with Crippen LogP contribution in [0.5, 0.6) is 0 Å². The van der Waals surface area contributed by atoms with E-state index in [0.717, 1.165) is 25.2 Å². The quantitative estimate of drug-likeness (QED) is 0.773. The van der Waals surface area contributed by atoms with Crippen molar-refractivity contribution in [3.63, 3.8) is 0 Å². The van der Waals surface area contributed by atoms with Gasteiger partial charge in [-0.3, -0.25) is 9.69 Å². The van der Waals surface area contributed by atoms with Gasteiger partial charge in [0.25, 0.3) is 0 Å². The van der Waals surface area contributed by atoms with E-state index >= 15 is 0 Å². The summed E-state index contributed by atoms with van der Waals surface area (Å²) in [5.74, 6) is 0.224. The molecule has 15 heavy (non-hydrogen) atoms. The van der Waals surface area contributed by atoms with Crippen molar-refractivity contribution in [1.29, 1.82) is 0 Å². The highest BCUT2D eigenvalue weighted by molar-refractivity contribution is 5.70. The molecule has 2 atom stereocenters. The molecule has 0 amide bonds. The molecular formula is C12H21NO2. The summed E-state index contributed by atoms with van der Waals surface area (Å²) >= 11 is 0. The zero-order valence-corrected chi connectivity index (χ0v) is 9.48. The van der Waals surface area contributed by atoms with Crippen molar-refractivity contribution in [3.8, 4) is 0 Å². The Hall–Kier alpha value is -0.570. The molecule has 3 heteroatoms. The van der Waals surface area contributed by atoms with E-state index in [1.54, 1.807) is 0 Å². The van der Waals surface area contributed by atoms with Gasteiger partial charge in [-0.2, -0.15) is 0 Å². The molecule has 0 bridgehead atoms. The molecule has 0 spiro atoms. The fraction of sp³-hybridized carbons (Fsp3) is 0.917. The van der Waals surface area contributed by atoms with Gasteiger partial charge in [-0.25, -0.2) is 0 Å². The van der Waals surface area contributed by atoms with Gasteiger partial charge in [0.15, 0.2) is 0 Å². The topological polar surface area (TPSA) is 40.5 Å². The molecule has 1 aliphatic carbocycles. The van der Waals surface area contributed by atoms with Crippen molar-refractivity contribution in [3.05, 3.63) is 0 Å². The number of nitrogens with zero attached hydrogens (tertiary/aromatic N) is 1. The second-order valence-electron chi connectivity index (χ2n) is 5.11. The van der Waals surface area contributed by atoms with E-state index in [1.165, 1.54) is 25.9 Å². The van der Waals surface area contributed by atoms with Crippen LogP contribution in [-0.4, -0.2) is 35.1 Å². The van der Waals surface area contributed by atoms with Crippen molar-refractivity contribution in [1.82, 2.24) is 4.90 Å². The Bertz CT molecular complexity index is 236. The van der Waals surface area contributed by atoms with Crippen LogP contribution in [-0.2, 0) is 4.79 Å². The summed E-state index contributed by atoms with van der Waals surface area (Å²) in [5, 5.41) is 8.92. The van der Waals surface area contributed by atoms with E-state index in [2.05, 4.69) is 11.8 Å². The van der Waals surface area contributed by atoms with Gasteiger partial charge in [0.05, 0.1) is 5.92 Å². The lowest BCUT2D eigenvalue weighted by Crippen LogP contribution is -2.51. The highest BCUT2D eigenvalue weighted by Gasteiger charge is 2.38. The number of carboxylic acid groups (broad SMARTS) is 1. The zero-order chi connectivity index (χ0) is 10.8. The van der Waals surface area contributed by atoms with Gasteiger partial charge >= 0.3 is 5.97 Å². The largest absolute Gasteiger partial charge is 0.481 e. The maximum atomic E-state index is 10.8. The predicted octanol–water partition coefficient (Wildman–Crippen LogP) is 1.97. The molecule has 2 rings (SSSR count). The second kappa shape index (κ2) is 4.52. The monoisotopic (exact) mass is 211 g/mol. The van der Waals surface area contributed by atoms with Crippen LogP contribution in [0, 0.1) is 11.8 Å². The van der Waals surface area contributed by atoms with E-state index in [0.29, 0.717) is 6.04 Å². The van der Waals surface area contributed by atoms with Crippen LogP contribution in [0.4, 0.5) is 0 Å². The van der Waals surface area contributed by atoms with E-state index < -0.39 is 5.97 Å². The standard InChI is InChI=1S/C12H21NO2/c1-2-3-9-7-13(8-9)11-5-4-10(6-11)12(14)15/h9-11H,2-8H2,1H3,(H,14,15). The number of carboxylic acids is 1. The number of aliphatic carboxylic acids is 1. The van der Waals surface area contributed by atoms with Crippen molar-refractivity contribution >= 4 is 5.97 Å². The maximum absolute atomic E-state index is 10.8.